The van der Waals surface area contributed by atoms with E-state index in [9.17, 15) is 4.39 Å². The number of likely N-dealkylation sites (tertiary alicyclic amines) is 1. The molecule has 0 saturated carbocycles. The largest absolute Gasteiger partial charge is 0.490 e. The highest BCUT2D eigenvalue weighted by Gasteiger charge is 2.22. The molecule has 0 amide bonds. The molecule has 1 saturated heterocycles. The summed E-state index contributed by atoms with van der Waals surface area (Å²) in [4.78, 5) is 6.87. The van der Waals surface area contributed by atoms with Gasteiger partial charge < -0.3 is 4.74 Å². The summed E-state index contributed by atoms with van der Waals surface area (Å²) in [6.45, 7) is 4.50. The average molecular weight is 350 g/mol. The van der Waals surface area contributed by atoms with Crippen LogP contribution in [0.15, 0.2) is 54.6 Å². The van der Waals surface area contributed by atoms with Crippen molar-refractivity contribution in [2.24, 2.45) is 0 Å². The number of nitrogens with zero attached hydrogens (tertiary/aromatic N) is 2. The normalized spacial score (nSPS) is 16.1. The van der Waals surface area contributed by atoms with E-state index in [0.717, 1.165) is 53.8 Å². The Morgan fingerprint density at radius 1 is 1.08 bits per heavy atom. The molecule has 4 rings (SSSR count). The Bertz CT molecular complexity index is 904. The van der Waals surface area contributed by atoms with Crippen LogP contribution in [0.25, 0.3) is 10.9 Å². The van der Waals surface area contributed by atoms with Crippen LogP contribution in [0.1, 0.15) is 24.1 Å². The number of aryl methyl sites for hydroxylation is 1. The number of benzene rings is 2. The summed E-state index contributed by atoms with van der Waals surface area (Å²) in [7, 11) is 0. The summed E-state index contributed by atoms with van der Waals surface area (Å²) in [5.74, 6) is 0.797. The maximum Gasteiger partial charge on any atom is 0.130 e. The van der Waals surface area contributed by atoms with E-state index < -0.39 is 0 Å². The van der Waals surface area contributed by atoms with Crippen molar-refractivity contribution in [3.63, 3.8) is 0 Å². The SMILES string of the molecule is Cc1cc(OC2CCN(Cc3ccccc3F)CC2)c2ccccc2n1. The van der Waals surface area contributed by atoms with Gasteiger partial charge in [-0.1, -0.05) is 30.3 Å². The Balaban J connectivity index is 1.41. The fraction of sp³-hybridized carbons (Fsp3) is 0.318. The van der Waals surface area contributed by atoms with Crippen LogP contribution >= 0.6 is 0 Å². The Kier molecular flexibility index (Phi) is 4.85. The molecule has 0 aliphatic carbocycles. The molecule has 0 atom stereocenters. The second-order valence-corrected chi connectivity index (χ2v) is 6.96. The molecule has 3 aromatic rings. The van der Waals surface area contributed by atoms with E-state index in [1.165, 1.54) is 6.07 Å². The van der Waals surface area contributed by atoms with Crippen LogP contribution in [0.4, 0.5) is 4.39 Å². The van der Waals surface area contributed by atoms with Crippen LogP contribution in [-0.4, -0.2) is 29.1 Å². The van der Waals surface area contributed by atoms with Gasteiger partial charge in [0.1, 0.15) is 17.7 Å². The van der Waals surface area contributed by atoms with Gasteiger partial charge in [-0.2, -0.15) is 0 Å². The van der Waals surface area contributed by atoms with Crippen LogP contribution in [0.5, 0.6) is 5.75 Å². The third-order valence-electron chi connectivity index (χ3n) is 4.99. The van der Waals surface area contributed by atoms with Gasteiger partial charge in [0.15, 0.2) is 0 Å². The number of hydrogen-bond acceptors (Lipinski definition) is 3. The van der Waals surface area contributed by atoms with Gasteiger partial charge >= 0.3 is 0 Å². The number of ether oxygens (including phenoxy) is 1. The second-order valence-electron chi connectivity index (χ2n) is 6.96. The molecule has 134 valence electrons. The van der Waals surface area contributed by atoms with Crippen molar-refractivity contribution in [1.82, 2.24) is 9.88 Å². The molecule has 2 heterocycles. The predicted octanol–water partition coefficient (Wildman–Crippen LogP) is 4.73. The number of halogens is 1. The van der Waals surface area contributed by atoms with Crippen molar-refractivity contribution in [2.75, 3.05) is 13.1 Å². The number of hydrogen-bond donors (Lipinski definition) is 0. The van der Waals surface area contributed by atoms with E-state index >= 15 is 0 Å². The quantitative estimate of drug-likeness (QED) is 0.680. The minimum Gasteiger partial charge on any atom is -0.490 e. The fourth-order valence-electron chi connectivity index (χ4n) is 3.60. The highest BCUT2D eigenvalue weighted by atomic mass is 19.1. The second kappa shape index (κ2) is 7.42. The molecule has 1 aliphatic rings. The molecule has 0 radical (unpaired) electrons. The van der Waals surface area contributed by atoms with Crippen LogP contribution in [0.3, 0.4) is 0 Å². The minimum atomic E-state index is -0.121. The van der Waals surface area contributed by atoms with Crippen molar-refractivity contribution in [1.29, 1.82) is 0 Å². The number of aromatic nitrogens is 1. The molecule has 4 heteroatoms. The molecule has 2 aromatic carbocycles. The van der Waals surface area contributed by atoms with E-state index in [4.69, 9.17) is 4.74 Å². The highest BCUT2D eigenvalue weighted by Crippen LogP contribution is 2.28. The van der Waals surface area contributed by atoms with Crippen molar-refractivity contribution >= 4 is 10.9 Å². The first-order chi connectivity index (χ1) is 12.7. The smallest absolute Gasteiger partial charge is 0.130 e. The predicted molar refractivity (Wildman–Crippen MR) is 102 cm³/mol. The number of rotatable bonds is 4. The summed E-state index contributed by atoms with van der Waals surface area (Å²) in [6, 6.07) is 17.1. The zero-order chi connectivity index (χ0) is 17.9. The van der Waals surface area contributed by atoms with Gasteiger partial charge in [0.2, 0.25) is 0 Å². The lowest BCUT2D eigenvalue weighted by molar-refractivity contribution is 0.0973. The van der Waals surface area contributed by atoms with Crippen molar-refractivity contribution < 1.29 is 9.13 Å². The molecule has 1 fully saturated rings. The van der Waals surface area contributed by atoms with E-state index in [-0.39, 0.29) is 11.9 Å². The molecular weight excluding hydrogens is 327 g/mol. The van der Waals surface area contributed by atoms with Crippen molar-refractivity contribution in [3.8, 4) is 5.75 Å². The fourth-order valence-corrected chi connectivity index (χ4v) is 3.60. The van der Waals surface area contributed by atoms with Gasteiger partial charge in [0.05, 0.1) is 5.52 Å². The lowest BCUT2D eigenvalue weighted by Crippen LogP contribution is -2.38. The van der Waals surface area contributed by atoms with Crippen LogP contribution in [0, 0.1) is 12.7 Å². The summed E-state index contributed by atoms with van der Waals surface area (Å²) < 4.78 is 20.2. The third-order valence-corrected chi connectivity index (χ3v) is 4.99. The van der Waals surface area contributed by atoms with E-state index in [2.05, 4.69) is 16.0 Å². The molecule has 1 aromatic heterocycles. The van der Waals surface area contributed by atoms with Crippen LogP contribution in [0.2, 0.25) is 0 Å². The standard InChI is InChI=1S/C22H23FN2O/c1-16-14-22(19-7-3-5-9-21(19)24-16)26-18-10-12-25(13-11-18)15-17-6-2-4-8-20(17)23/h2-9,14,18H,10-13,15H2,1H3. The molecular formula is C22H23FN2O. The van der Waals surface area contributed by atoms with Gasteiger partial charge in [0, 0.05) is 42.3 Å². The number of pyridine rings is 1. The lowest BCUT2D eigenvalue weighted by Gasteiger charge is -2.32. The Hall–Kier alpha value is -2.46. The van der Waals surface area contributed by atoms with Gasteiger partial charge in [-0.15, -0.1) is 0 Å². The van der Waals surface area contributed by atoms with Gasteiger partial charge in [-0.3, -0.25) is 9.88 Å². The maximum atomic E-state index is 13.8. The molecule has 0 spiro atoms. The molecule has 0 bridgehead atoms. The molecule has 0 N–H and O–H groups in total. The monoisotopic (exact) mass is 350 g/mol. The Labute approximate surface area is 153 Å². The number of piperidine rings is 1. The summed E-state index contributed by atoms with van der Waals surface area (Å²) in [5, 5.41) is 1.06. The van der Waals surface area contributed by atoms with Gasteiger partial charge in [-0.05, 0) is 38.0 Å². The van der Waals surface area contributed by atoms with Crippen LogP contribution in [-0.2, 0) is 6.54 Å². The summed E-state index contributed by atoms with van der Waals surface area (Å²) in [6.07, 6.45) is 2.09. The van der Waals surface area contributed by atoms with E-state index in [0.29, 0.717) is 6.54 Å². The first kappa shape index (κ1) is 17.0. The van der Waals surface area contributed by atoms with Crippen LogP contribution < -0.4 is 4.74 Å². The van der Waals surface area contributed by atoms with E-state index in [1.807, 2.05) is 43.3 Å². The summed E-state index contributed by atoms with van der Waals surface area (Å²) >= 11 is 0. The first-order valence-corrected chi connectivity index (χ1v) is 9.18. The van der Waals surface area contributed by atoms with Gasteiger partial charge in [-0.25, -0.2) is 4.39 Å². The zero-order valence-corrected chi connectivity index (χ0v) is 15.0. The zero-order valence-electron chi connectivity index (χ0n) is 15.0. The Morgan fingerprint density at radius 2 is 1.81 bits per heavy atom. The topological polar surface area (TPSA) is 25.4 Å². The number of para-hydroxylation sites is 1. The summed E-state index contributed by atoms with van der Waals surface area (Å²) in [5.41, 5.74) is 2.71. The minimum absolute atomic E-state index is 0.121. The highest BCUT2D eigenvalue weighted by molar-refractivity contribution is 5.85. The number of fused-ring (bicyclic) bond motifs is 1. The van der Waals surface area contributed by atoms with Crippen molar-refractivity contribution in [2.45, 2.75) is 32.4 Å². The third kappa shape index (κ3) is 3.70. The molecule has 0 unspecified atom stereocenters. The lowest BCUT2D eigenvalue weighted by atomic mass is 10.1. The Morgan fingerprint density at radius 3 is 2.62 bits per heavy atom. The molecule has 26 heavy (non-hydrogen) atoms. The first-order valence-electron chi connectivity index (χ1n) is 9.18. The maximum absolute atomic E-state index is 13.8. The molecule has 3 nitrogen and oxygen atoms in total. The molecule has 1 aliphatic heterocycles. The average Bonchev–Trinajstić information content (AvgIpc) is 2.65. The van der Waals surface area contributed by atoms with E-state index in [1.54, 1.807) is 6.07 Å². The van der Waals surface area contributed by atoms with Crippen molar-refractivity contribution in [3.05, 3.63) is 71.7 Å². The van der Waals surface area contributed by atoms with Gasteiger partial charge in [0.25, 0.3) is 0 Å².